The minimum absolute atomic E-state index is 0.175. The van der Waals surface area contributed by atoms with Gasteiger partial charge in [-0.2, -0.15) is 8.78 Å². The highest BCUT2D eigenvalue weighted by Crippen LogP contribution is 2.23. The molecule has 1 aromatic rings. The largest absolute Gasteiger partial charge is 0.373 e. The Morgan fingerprint density at radius 3 is 3.00 bits per heavy atom. The molecule has 0 radical (unpaired) electrons. The maximum absolute atomic E-state index is 12.7. The first-order valence-electron chi connectivity index (χ1n) is 6.92. The highest BCUT2D eigenvalue weighted by Gasteiger charge is 2.29. The molecule has 2 N–H and O–H groups in total. The molecule has 0 amide bonds. The number of hydrogen-bond donors (Lipinski definition) is 2. The van der Waals surface area contributed by atoms with Crippen LogP contribution in [0.2, 0.25) is 0 Å². The van der Waals surface area contributed by atoms with Crippen molar-refractivity contribution >= 4 is 5.96 Å². The van der Waals surface area contributed by atoms with Crippen LogP contribution in [0, 0.1) is 0 Å². The van der Waals surface area contributed by atoms with E-state index in [1.54, 1.807) is 7.05 Å². The molecule has 0 aliphatic carbocycles. The summed E-state index contributed by atoms with van der Waals surface area (Å²) < 4.78 is 31.9. The summed E-state index contributed by atoms with van der Waals surface area (Å²) in [6.45, 7) is 1.02. The molecular formula is C13H21F2N5O. The van der Waals surface area contributed by atoms with Crippen LogP contribution in [0.5, 0.6) is 0 Å². The summed E-state index contributed by atoms with van der Waals surface area (Å²) in [5.41, 5.74) is -0.195. The van der Waals surface area contributed by atoms with E-state index in [0.29, 0.717) is 12.5 Å². The van der Waals surface area contributed by atoms with Crippen molar-refractivity contribution in [1.82, 2.24) is 20.2 Å². The number of halogens is 2. The van der Waals surface area contributed by atoms with Gasteiger partial charge in [0.25, 0.3) is 0 Å². The van der Waals surface area contributed by atoms with E-state index in [1.807, 2.05) is 6.92 Å². The zero-order chi connectivity index (χ0) is 15.3. The van der Waals surface area contributed by atoms with Crippen molar-refractivity contribution in [3.8, 4) is 0 Å². The third-order valence-electron chi connectivity index (χ3n) is 3.53. The van der Waals surface area contributed by atoms with Gasteiger partial charge in [-0.25, -0.2) is 4.98 Å². The smallest absolute Gasteiger partial charge is 0.319 e. The summed E-state index contributed by atoms with van der Waals surface area (Å²) in [7, 11) is 1.63. The molecule has 0 saturated carbocycles. The van der Waals surface area contributed by atoms with Gasteiger partial charge in [0, 0.05) is 32.6 Å². The molecule has 2 heterocycles. The van der Waals surface area contributed by atoms with Crippen LogP contribution < -0.4 is 10.6 Å². The number of aromatic nitrogens is 2. The second-order valence-corrected chi connectivity index (χ2v) is 5.21. The maximum atomic E-state index is 12.7. The maximum Gasteiger partial charge on any atom is 0.319 e. The molecule has 0 spiro atoms. The van der Waals surface area contributed by atoms with Crippen molar-refractivity contribution in [2.45, 2.75) is 38.5 Å². The zero-order valence-electron chi connectivity index (χ0n) is 12.3. The molecular weight excluding hydrogens is 280 g/mol. The lowest BCUT2D eigenvalue weighted by molar-refractivity contribution is 0.0243. The number of ether oxygens (including phenoxy) is 1. The van der Waals surface area contributed by atoms with E-state index in [2.05, 4.69) is 20.6 Å². The van der Waals surface area contributed by atoms with Gasteiger partial charge >= 0.3 is 6.55 Å². The molecule has 1 unspecified atom stereocenters. The van der Waals surface area contributed by atoms with Gasteiger partial charge in [0.1, 0.15) is 5.82 Å². The number of alkyl halides is 2. The lowest BCUT2D eigenvalue weighted by Crippen LogP contribution is -2.45. The lowest BCUT2D eigenvalue weighted by Gasteiger charge is -2.24. The van der Waals surface area contributed by atoms with Gasteiger partial charge in [0.2, 0.25) is 0 Å². The normalized spacial score (nSPS) is 22.8. The number of nitrogens with one attached hydrogen (secondary N) is 2. The first kappa shape index (κ1) is 15.7. The molecule has 21 heavy (non-hydrogen) atoms. The first-order valence-corrected chi connectivity index (χ1v) is 6.92. The van der Waals surface area contributed by atoms with Crippen molar-refractivity contribution in [2.24, 2.45) is 4.99 Å². The molecule has 8 heteroatoms. The summed E-state index contributed by atoms with van der Waals surface area (Å²) >= 11 is 0. The van der Waals surface area contributed by atoms with Crippen molar-refractivity contribution in [3.63, 3.8) is 0 Å². The van der Waals surface area contributed by atoms with Crippen LogP contribution in [0.1, 0.15) is 32.1 Å². The topological polar surface area (TPSA) is 63.5 Å². The summed E-state index contributed by atoms with van der Waals surface area (Å²) in [6.07, 6.45) is 4.65. The van der Waals surface area contributed by atoms with Crippen molar-refractivity contribution in [2.75, 3.05) is 20.2 Å². The number of imidazole rings is 1. The average molecular weight is 301 g/mol. The van der Waals surface area contributed by atoms with Crippen LogP contribution in [-0.2, 0) is 11.3 Å². The Balaban J connectivity index is 1.84. The molecule has 6 nitrogen and oxygen atoms in total. The summed E-state index contributed by atoms with van der Waals surface area (Å²) in [4.78, 5) is 7.98. The number of nitrogens with zero attached hydrogens (tertiary/aromatic N) is 3. The van der Waals surface area contributed by atoms with E-state index < -0.39 is 6.55 Å². The monoisotopic (exact) mass is 301 g/mol. The number of rotatable bonds is 5. The highest BCUT2D eigenvalue weighted by molar-refractivity contribution is 5.79. The first-order chi connectivity index (χ1) is 10.0. The Hall–Kier alpha value is -1.70. The van der Waals surface area contributed by atoms with E-state index in [0.717, 1.165) is 24.0 Å². The average Bonchev–Trinajstić information content (AvgIpc) is 3.08. The third kappa shape index (κ3) is 4.13. The Labute approximate surface area is 122 Å². The molecule has 118 valence electrons. The van der Waals surface area contributed by atoms with Gasteiger partial charge in [-0.05, 0) is 19.8 Å². The van der Waals surface area contributed by atoms with Gasteiger partial charge in [-0.15, -0.1) is 0 Å². The number of guanidine groups is 1. The van der Waals surface area contributed by atoms with E-state index >= 15 is 0 Å². The van der Waals surface area contributed by atoms with Crippen LogP contribution in [-0.4, -0.2) is 41.3 Å². The third-order valence-corrected chi connectivity index (χ3v) is 3.53. The Kier molecular flexibility index (Phi) is 5.11. The molecule has 1 aliphatic heterocycles. The molecule has 0 aromatic carbocycles. The Morgan fingerprint density at radius 2 is 2.38 bits per heavy atom. The van der Waals surface area contributed by atoms with Crippen molar-refractivity contribution < 1.29 is 13.5 Å². The van der Waals surface area contributed by atoms with Crippen molar-refractivity contribution in [1.29, 1.82) is 0 Å². The molecule has 2 rings (SSSR count). The van der Waals surface area contributed by atoms with E-state index in [1.165, 1.54) is 12.4 Å². The predicted molar refractivity (Wildman–Crippen MR) is 75.3 cm³/mol. The fraction of sp³-hybridized carbons (Fsp3) is 0.692. The molecule has 1 aliphatic rings. The molecule has 1 aromatic heterocycles. The number of aliphatic imine (C=N–C) groups is 1. The molecule has 1 atom stereocenters. The summed E-state index contributed by atoms with van der Waals surface area (Å²) in [5, 5.41) is 6.13. The zero-order valence-corrected chi connectivity index (χ0v) is 12.3. The van der Waals surface area contributed by atoms with Gasteiger partial charge in [0.05, 0.1) is 12.1 Å². The van der Waals surface area contributed by atoms with Crippen LogP contribution in [0.25, 0.3) is 0 Å². The van der Waals surface area contributed by atoms with Gasteiger partial charge < -0.3 is 15.4 Å². The minimum Gasteiger partial charge on any atom is -0.373 e. The standard InChI is InChI=1S/C13H21F2N5O/c1-13(4-3-7-21-13)9-19-12(16-2)18-8-10-17-5-6-20(10)11(14)15/h5-6,11H,3-4,7-9H2,1-2H3,(H2,16,18,19). The summed E-state index contributed by atoms with van der Waals surface area (Å²) in [6, 6.07) is 0. The second-order valence-electron chi connectivity index (χ2n) is 5.21. The SMILES string of the molecule is CN=C(NCc1nccn1C(F)F)NCC1(C)CCCO1. The Morgan fingerprint density at radius 1 is 1.57 bits per heavy atom. The van der Waals surface area contributed by atoms with Crippen LogP contribution in [0.3, 0.4) is 0 Å². The van der Waals surface area contributed by atoms with Crippen molar-refractivity contribution in [3.05, 3.63) is 18.2 Å². The highest BCUT2D eigenvalue weighted by atomic mass is 19.3. The van der Waals surface area contributed by atoms with Gasteiger partial charge in [-0.3, -0.25) is 9.56 Å². The Bertz CT molecular complexity index is 483. The molecule has 1 fully saturated rings. The fourth-order valence-electron chi connectivity index (χ4n) is 2.29. The van der Waals surface area contributed by atoms with E-state index in [-0.39, 0.29) is 18.0 Å². The van der Waals surface area contributed by atoms with Crippen LogP contribution in [0.4, 0.5) is 8.78 Å². The van der Waals surface area contributed by atoms with E-state index in [9.17, 15) is 8.78 Å². The molecule has 1 saturated heterocycles. The molecule has 0 bridgehead atoms. The van der Waals surface area contributed by atoms with Crippen LogP contribution >= 0.6 is 0 Å². The summed E-state index contributed by atoms with van der Waals surface area (Å²) in [5.74, 6) is 0.798. The predicted octanol–water partition coefficient (Wildman–Crippen LogP) is 1.51. The quantitative estimate of drug-likeness (QED) is 0.639. The number of hydrogen-bond acceptors (Lipinski definition) is 3. The lowest BCUT2D eigenvalue weighted by atomic mass is 10.0. The van der Waals surface area contributed by atoms with E-state index in [4.69, 9.17) is 4.74 Å². The van der Waals surface area contributed by atoms with Crippen LogP contribution in [0.15, 0.2) is 17.4 Å². The van der Waals surface area contributed by atoms with Gasteiger partial charge in [-0.1, -0.05) is 0 Å². The minimum atomic E-state index is -2.59. The fourth-order valence-corrected chi connectivity index (χ4v) is 2.29. The van der Waals surface area contributed by atoms with Gasteiger partial charge in [0.15, 0.2) is 5.96 Å². The second kappa shape index (κ2) is 6.84.